The lowest BCUT2D eigenvalue weighted by Crippen LogP contribution is -2.08. The predicted octanol–water partition coefficient (Wildman–Crippen LogP) is 3.72. The van der Waals surface area contributed by atoms with Gasteiger partial charge in [-0.15, -0.1) is 0 Å². The fourth-order valence-electron chi connectivity index (χ4n) is 1.37. The highest BCUT2D eigenvalue weighted by Crippen LogP contribution is 2.33. The first-order valence-corrected chi connectivity index (χ1v) is 5.46. The minimum Gasteiger partial charge on any atom is -0.496 e. The van der Waals surface area contributed by atoms with E-state index in [-0.39, 0.29) is 16.6 Å². The Morgan fingerprint density at radius 2 is 2.00 bits per heavy atom. The van der Waals surface area contributed by atoms with Crippen molar-refractivity contribution in [1.82, 2.24) is 0 Å². The van der Waals surface area contributed by atoms with E-state index < -0.39 is 0 Å². The van der Waals surface area contributed by atoms with Gasteiger partial charge in [0, 0.05) is 10.4 Å². The van der Waals surface area contributed by atoms with Gasteiger partial charge in [0.05, 0.1) is 7.11 Å². The second kappa shape index (κ2) is 4.78. The molecule has 78 valence electrons. The van der Waals surface area contributed by atoms with Gasteiger partial charge in [-0.25, -0.2) is 4.39 Å². The van der Waals surface area contributed by atoms with Gasteiger partial charge >= 0.3 is 0 Å². The normalized spacial score (nSPS) is 14.9. The van der Waals surface area contributed by atoms with Crippen LogP contribution in [-0.2, 0) is 0 Å². The van der Waals surface area contributed by atoms with Crippen LogP contribution in [0.3, 0.4) is 0 Å². The van der Waals surface area contributed by atoms with E-state index in [9.17, 15) is 4.39 Å². The van der Waals surface area contributed by atoms with Crippen molar-refractivity contribution < 1.29 is 9.13 Å². The highest BCUT2D eigenvalue weighted by atomic mass is 79.9. The summed E-state index contributed by atoms with van der Waals surface area (Å²) >= 11 is 3.45. The van der Waals surface area contributed by atoms with E-state index in [0.717, 1.165) is 0 Å². The number of halogens is 2. The molecule has 0 N–H and O–H groups in total. The molecule has 0 amide bonds. The third-order valence-corrected chi connectivity index (χ3v) is 3.17. The van der Waals surface area contributed by atoms with Crippen LogP contribution in [0, 0.1) is 5.82 Å². The fraction of sp³-hybridized carbons (Fsp3) is 0.455. The molecule has 0 aliphatic heterocycles. The summed E-state index contributed by atoms with van der Waals surface area (Å²) in [5, 5.41) is 0. The van der Waals surface area contributed by atoms with Crippen LogP contribution >= 0.6 is 15.9 Å². The van der Waals surface area contributed by atoms with E-state index in [1.807, 2.05) is 13.8 Å². The van der Waals surface area contributed by atoms with Crippen LogP contribution in [0.4, 0.5) is 4.39 Å². The minimum absolute atomic E-state index is 0.0890. The number of ether oxygens (including phenoxy) is 1. The van der Waals surface area contributed by atoms with Gasteiger partial charge in [-0.2, -0.15) is 0 Å². The number of rotatable bonds is 3. The van der Waals surface area contributed by atoms with E-state index in [1.54, 1.807) is 19.2 Å². The number of hydrogen-bond donors (Lipinski definition) is 0. The van der Waals surface area contributed by atoms with Gasteiger partial charge < -0.3 is 4.74 Å². The van der Waals surface area contributed by atoms with Crippen LogP contribution in [0.25, 0.3) is 0 Å². The molecule has 2 atom stereocenters. The molecule has 0 spiro atoms. The van der Waals surface area contributed by atoms with Crippen LogP contribution in [-0.4, -0.2) is 11.9 Å². The molecule has 1 aromatic carbocycles. The van der Waals surface area contributed by atoms with Gasteiger partial charge in [-0.1, -0.05) is 35.8 Å². The van der Waals surface area contributed by atoms with E-state index >= 15 is 0 Å². The van der Waals surface area contributed by atoms with Crippen LogP contribution < -0.4 is 4.74 Å². The topological polar surface area (TPSA) is 9.23 Å². The zero-order valence-electron chi connectivity index (χ0n) is 8.55. The number of alkyl halides is 1. The summed E-state index contributed by atoms with van der Waals surface area (Å²) in [5.74, 6) is 0.498. The van der Waals surface area contributed by atoms with E-state index in [1.165, 1.54) is 6.07 Å². The number of methoxy groups -OCH3 is 1. The van der Waals surface area contributed by atoms with Gasteiger partial charge in [0.2, 0.25) is 0 Å². The summed E-state index contributed by atoms with van der Waals surface area (Å²) in [6.07, 6.45) is 0. The fourth-order valence-corrected chi connectivity index (χ4v) is 1.63. The van der Waals surface area contributed by atoms with Gasteiger partial charge in [-0.3, -0.25) is 0 Å². The number of hydrogen-bond acceptors (Lipinski definition) is 1. The Labute approximate surface area is 92.4 Å². The summed E-state index contributed by atoms with van der Waals surface area (Å²) < 4.78 is 18.7. The summed E-state index contributed by atoms with van der Waals surface area (Å²) in [5.41, 5.74) is 0.638. The van der Waals surface area contributed by atoms with Crippen molar-refractivity contribution in [2.75, 3.05) is 7.11 Å². The zero-order chi connectivity index (χ0) is 10.7. The lowest BCUT2D eigenvalue weighted by atomic mass is 9.97. The quantitative estimate of drug-likeness (QED) is 0.753. The SMILES string of the molecule is COc1cccc(F)c1C(C)C(C)Br. The lowest BCUT2D eigenvalue weighted by Gasteiger charge is -2.18. The third kappa shape index (κ3) is 2.27. The summed E-state index contributed by atoms with van der Waals surface area (Å²) in [4.78, 5) is 0.216. The molecular weight excluding hydrogens is 247 g/mol. The monoisotopic (exact) mass is 260 g/mol. The molecule has 0 fully saturated rings. The molecule has 2 unspecified atom stereocenters. The van der Waals surface area contributed by atoms with Gasteiger partial charge in [0.25, 0.3) is 0 Å². The van der Waals surface area contributed by atoms with E-state index in [4.69, 9.17) is 4.74 Å². The third-order valence-electron chi connectivity index (χ3n) is 2.38. The van der Waals surface area contributed by atoms with Crippen molar-refractivity contribution in [1.29, 1.82) is 0 Å². The van der Waals surface area contributed by atoms with Crippen LogP contribution in [0.15, 0.2) is 18.2 Å². The molecule has 0 radical (unpaired) electrons. The molecule has 1 aromatic rings. The molecule has 0 saturated heterocycles. The predicted molar refractivity (Wildman–Crippen MR) is 59.8 cm³/mol. The molecule has 0 aliphatic rings. The zero-order valence-corrected chi connectivity index (χ0v) is 10.1. The molecule has 0 aliphatic carbocycles. The maximum atomic E-state index is 13.5. The molecule has 0 aromatic heterocycles. The molecule has 0 bridgehead atoms. The average molecular weight is 261 g/mol. The molecule has 0 saturated carbocycles. The van der Waals surface area contributed by atoms with Crippen LogP contribution in [0.5, 0.6) is 5.75 Å². The van der Waals surface area contributed by atoms with Crippen molar-refractivity contribution >= 4 is 15.9 Å². The Kier molecular flexibility index (Phi) is 3.93. The van der Waals surface area contributed by atoms with Crippen molar-refractivity contribution in [2.24, 2.45) is 0 Å². The molecular formula is C11H14BrFO. The summed E-state index contributed by atoms with van der Waals surface area (Å²) in [7, 11) is 1.56. The van der Waals surface area contributed by atoms with Crippen molar-refractivity contribution in [3.05, 3.63) is 29.6 Å². The molecule has 0 heterocycles. The first-order chi connectivity index (χ1) is 6.57. The van der Waals surface area contributed by atoms with Crippen molar-refractivity contribution in [3.8, 4) is 5.75 Å². The van der Waals surface area contributed by atoms with Crippen molar-refractivity contribution in [3.63, 3.8) is 0 Å². The Morgan fingerprint density at radius 1 is 1.36 bits per heavy atom. The van der Waals surface area contributed by atoms with Gasteiger partial charge in [-0.05, 0) is 18.1 Å². The van der Waals surface area contributed by atoms with Gasteiger partial charge in [0.1, 0.15) is 11.6 Å². The summed E-state index contributed by atoms with van der Waals surface area (Å²) in [6, 6.07) is 4.90. The molecule has 1 nitrogen and oxygen atoms in total. The largest absolute Gasteiger partial charge is 0.496 e. The Hall–Kier alpha value is -0.570. The minimum atomic E-state index is -0.205. The standard InChI is InChI=1S/C11H14BrFO/c1-7(8(2)12)11-9(13)5-4-6-10(11)14-3/h4-8H,1-3H3. The van der Waals surface area contributed by atoms with Gasteiger partial charge in [0.15, 0.2) is 0 Å². The first kappa shape index (κ1) is 11.5. The number of benzene rings is 1. The smallest absolute Gasteiger partial charge is 0.130 e. The highest BCUT2D eigenvalue weighted by Gasteiger charge is 2.19. The lowest BCUT2D eigenvalue weighted by molar-refractivity contribution is 0.400. The molecule has 14 heavy (non-hydrogen) atoms. The first-order valence-electron chi connectivity index (χ1n) is 4.54. The van der Waals surface area contributed by atoms with E-state index in [0.29, 0.717) is 11.3 Å². The maximum absolute atomic E-state index is 13.5. The average Bonchev–Trinajstić information content (AvgIpc) is 2.16. The Balaban J connectivity index is 3.16. The maximum Gasteiger partial charge on any atom is 0.130 e. The summed E-state index contributed by atoms with van der Waals surface area (Å²) in [6.45, 7) is 3.97. The highest BCUT2D eigenvalue weighted by molar-refractivity contribution is 9.09. The molecule has 1 rings (SSSR count). The Bertz CT molecular complexity index is 312. The van der Waals surface area contributed by atoms with Crippen LogP contribution in [0.2, 0.25) is 0 Å². The second-order valence-corrected chi connectivity index (χ2v) is 4.77. The second-order valence-electron chi connectivity index (χ2n) is 3.32. The van der Waals surface area contributed by atoms with Crippen LogP contribution in [0.1, 0.15) is 25.3 Å². The van der Waals surface area contributed by atoms with E-state index in [2.05, 4.69) is 15.9 Å². The van der Waals surface area contributed by atoms with Crippen molar-refractivity contribution in [2.45, 2.75) is 24.6 Å². The Morgan fingerprint density at radius 3 is 2.50 bits per heavy atom. The molecule has 3 heteroatoms.